The number of likely N-dealkylation sites (N-methyl/N-ethyl adjacent to an activating group) is 1. The summed E-state index contributed by atoms with van der Waals surface area (Å²) >= 11 is 0. The second kappa shape index (κ2) is 13.0. The van der Waals surface area contributed by atoms with Crippen LogP contribution in [0.1, 0.15) is 64.4 Å². The zero-order valence-corrected chi connectivity index (χ0v) is 22.8. The van der Waals surface area contributed by atoms with E-state index in [1.165, 1.54) is 11.8 Å². The molecule has 1 aliphatic heterocycles. The van der Waals surface area contributed by atoms with Crippen LogP contribution < -0.4 is 5.32 Å². The van der Waals surface area contributed by atoms with Crippen LogP contribution in [0, 0.1) is 0 Å². The van der Waals surface area contributed by atoms with Gasteiger partial charge in [-0.15, -0.1) is 0 Å². The molecule has 7 nitrogen and oxygen atoms in total. The van der Waals surface area contributed by atoms with E-state index in [2.05, 4.69) is 53.4 Å². The normalized spacial score (nSPS) is 19.8. The maximum Gasteiger partial charge on any atom is 0.257 e. The van der Waals surface area contributed by atoms with Crippen molar-refractivity contribution in [2.24, 2.45) is 0 Å². The number of ether oxygens (including phenoxy) is 2. The van der Waals surface area contributed by atoms with Crippen LogP contribution in [0.4, 0.5) is 5.69 Å². The molecule has 0 aliphatic carbocycles. The number of amides is 1. The van der Waals surface area contributed by atoms with E-state index >= 15 is 0 Å². The number of rotatable bonds is 9. The fraction of sp³-hybridized carbons (Fsp3) is 0.273. The Hall–Kier alpha value is -3.88. The van der Waals surface area contributed by atoms with Crippen LogP contribution >= 0.6 is 0 Å². The molecule has 206 valence electrons. The summed E-state index contributed by atoms with van der Waals surface area (Å²) in [6.07, 6.45) is 2.97. The number of carbonyl (C=O) groups is 1. The summed E-state index contributed by atoms with van der Waals surface area (Å²) < 4.78 is 13.1. The average molecular weight is 538 g/mol. The number of carbonyl (C=O) groups excluding carboxylic acids is 1. The van der Waals surface area contributed by atoms with Gasteiger partial charge < -0.3 is 19.9 Å². The largest absolute Gasteiger partial charge is 0.392 e. The van der Waals surface area contributed by atoms with Crippen molar-refractivity contribution in [2.45, 2.75) is 44.5 Å². The minimum atomic E-state index is -0.614. The van der Waals surface area contributed by atoms with E-state index in [9.17, 15) is 9.90 Å². The molecule has 5 rings (SSSR count). The van der Waals surface area contributed by atoms with E-state index in [0.29, 0.717) is 17.7 Å². The van der Waals surface area contributed by atoms with Crippen LogP contribution in [-0.4, -0.2) is 40.6 Å². The number of anilines is 1. The first-order valence-corrected chi connectivity index (χ1v) is 13.6. The lowest BCUT2D eigenvalue weighted by atomic mass is 9.99. The van der Waals surface area contributed by atoms with Gasteiger partial charge in [-0.1, -0.05) is 66.7 Å². The van der Waals surface area contributed by atoms with Gasteiger partial charge in [-0.05, 0) is 54.9 Å². The van der Waals surface area contributed by atoms with Gasteiger partial charge in [-0.25, -0.2) is 0 Å². The first kappa shape index (κ1) is 27.7. The van der Waals surface area contributed by atoms with Gasteiger partial charge in [0, 0.05) is 42.7 Å². The quantitative estimate of drug-likeness (QED) is 0.270. The van der Waals surface area contributed by atoms with Gasteiger partial charge in [0.2, 0.25) is 0 Å². The molecule has 1 aliphatic rings. The predicted octanol–water partition coefficient (Wildman–Crippen LogP) is 6.06. The Balaban J connectivity index is 1.36. The molecule has 7 heteroatoms. The third kappa shape index (κ3) is 6.81. The van der Waals surface area contributed by atoms with E-state index in [4.69, 9.17) is 9.47 Å². The van der Waals surface area contributed by atoms with E-state index in [1.54, 1.807) is 18.3 Å². The van der Waals surface area contributed by atoms with Gasteiger partial charge >= 0.3 is 0 Å². The fourth-order valence-corrected chi connectivity index (χ4v) is 4.96. The van der Waals surface area contributed by atoms with Gasteiger partial charge in [-0.3, -0.25) is 14.7 Å². The number of hydrogen-bond donors (Lipinski definition) is 2. The molecule has 1 saturated heterocycles. The number of nitrogens with one attached hydrogen (secondary N) is 1. The van der Waals surface area contributed by atoms with Crippen LogP contribution in [0.5, 0.6) is 0 Å². The molecule has 1 amide bonds. The monoisotopic (exact) mass is 537 g/mol. The Morgan fingerprint density at radius 3 is 2.52 bits per heavy atom. The summed E-state index contributed by atoms with van der Waals surface area (Å²) in [7, 11) is 2.12. The van der Waals surface area contributed by atoms with Crippen molar-refractivity contribution in [3.8, 4) is 0 Å². The standard InChI is InChI=1S/C33H35N3O4/c1-23(25-8-4-3-5-9-25)36(2)21-30-19-31(26-15-13-24(22-37)14-16-26)40-33(39-30)27-10-6-12-29(18-27)35-32(38)28-11-7-17-34-20-28/h3-18,20,23,30-31,33,37H,19,21-22H2,1-2H3,(H,35,38). The predicted molar refractivity (Wildman–Crippen MR) is 155 cm³/mol. The lowest BCUT2D eigenvalue weighted by Gasteiger charge is -2.39. The van der Waals surface area contributed by atoms with E-state index in [1.807, 2.05) is 54.6 Å². The molecular weight excluding hydrogens is 502 g/mol. The third-order valence-corrected chi connectivity index (χ3v) is 7.39. The number of aliphatic hydroxyl groups is 1. The second-order valence-corrected chi connectivity index (χ2v) is 10.2. The molecule has 0 radical (unpaired) electrons. The van der Waals surface area contributed by atoms with Gasteiger partial charge in [0.05, 0.1) is 24.4 Å². The van der Waals surface area contributed by atoms with Crippen LogP contribution in [0.15, 0.2) is 103 Å². The van der Waals surface area contributed by atoms with Crippen molar-refractivity contribution >= 4 is 11.6 Å². The van der Waals surface area contributed by atoms with Crippen LogP contribution in [-0.2, 0) is 16.1 Å². The molecule has 0 bridgehead atoms. The van der Waals surface area contributed by atoms with E-state index in [-0.39, 0.29) is 30.8 Å². The molecule has 40 heavy (non-hydrogen) atoms. The lowest BCUT2D eigenvalue weighted by Crippen LogP contribution is -2.38. The summed E-state index contributed by atoms with van der Waals surface area (Å²) in [5.41, 5.74) is 5.11. The van der Waals surface area contributed by atoms with E-state index in [0.717, 1.165) is 23.2 Å². The van der Waals surface area contributed by atoms with Crippen molar-refractivity contribution < 1.29 is 19.4 Å². The Kier molecular flexibility index (Phi) is 8.98. The maximum atomic E-state index is 12.7. The van der Waals surface area contributed by atoms with Crippen LogP contribution in [0.3, 0.4) is 0 Å². The van der Waals surface area contributed by atoms with Crippen LogP contribution in [0.2, 0.25) is 0 Å². The Morgan fingerprint density at radius 2 is 1.80 bits per heavy atom. The van der Waals surface area contributed by atoms with Crippen LogP contribution in [0.25, 0.3) is 0 Å². The fourth-order valence-electron chi connectivity index (χ4n) is 4.96. The smallest absolute Gasteiger partial charge is 0.257 e. The lowest BCUT2D eigenvalue weighted by molar-refractivity contribution is -0.253. The first-order chi connectivity index (χ1) is 19.5. The molecule has 1 aromatic heterocycles. The number of benzene rings is 3. The number of aliphatic hydroxyl groups excluding tert-OH is 1. The Bertz CT molecular complexity index is 1380. The van der Waals surface area contributed by atoms with Crippen molar-refractivity contribution in [1.29, 1.82) is 0 Å². The van der Waals surface area contributed by atoms with Crippen molar-refractivity contribution in [1.82, 2.24) is 9.88 Å². The summed E-state index contributed by atoms with van der Waals surface area (Å²) in [4.78, 5) is 19.0. The van der Waals surface area contributed by atoms with Crippen molar-refractivity contribution in [3.05, 3.63) is 131 Å². The minimum absolute atomic E-state index is 0.000109. The highest BCUT2D eigenvalue weighted by atomic mass is 16.7. The zero-order chi connectivity index (χ0) is 27.9. The van der Waals surface area contributed by atoms with Gasteiger partial charge in [-0.2, -0.15) is 0 Å². The molecule has 0 saturated carbocycles. The Labute approximate surface area is 235 Å². The minimum Gasteiger partial charge on any atom is -0.392 e. The molecule has 1 fully saturated rings. The van der Waals surface area contributed by atoms with Crippen molar-refractivity contribution in [3.63, 3.8) is 0 Å². The highest BCUT2D eigenvalue weighted by molar-refractivity contribution is 6.04. The molecule has 4 atom stereocenters. The molecule has 0 spiro atoms. The Morgan fingerprint density at radius 1 is 1.00 bits per heavy atom. The van der Waals surface area contributed by atoms with Gasteiger partial charge in [0.25, 0.3) is 5.91 Å². The van der Waals surface area contributed by atoms with Gasteiger partial charge in [0.15, 0.2) is 6.29 Å². The summed E-state index contributed by atoms with van der Waals surface area (Å²) in [6.45, 7) is 2.92. The molecule has 2 heterocycles. The molecular formula is C33H35N3O4. The summed E-state index contributed by atoms with van der Waals surface area (Å²) in [6, 6.07) is 29.6. The highest BCUT2D eigenvalue weighted by Gasteiger charge is 2.33. The second-order valence-electron chi connectivity index (χ2n) is 10.2. The third-order valence-electron chi connectivity index (χ3n) is 7.39. The highest BCUT2D eigenvalue weighted by Crippen LogP contribution is 2.39. The van der Waals surface area contributed by atoms with E-state index < -0.39 is 6.29 Å². The summed E-state index contributed by atoms with van der Waals surface area (Å²) in [5, 5.41) is 12.4. The number of aromatic nitrogens is 1. The molecule has 3 aromatic carbocycles. The maximum absolute atomic E-state index is 12.7. The first-order valence-electron chi connectivity index (χ1n) is 13.6. The topological polar surface area (TPSA) is 83.9 Å². The van der Waals surface area contributed by atoms with Gasteiger partial charge in [0.1, 0.15) is 0 Å². The molecule has 4 aromatic rings. The summed E-state index contributed by atoms with van der Waals surface area (Å²) in [5.74, 6) is -0.230. The number of hydrogen-bond acceptors (Lipinski definition) is 6. The average Bonchev–Trinajstić information content (AvgIpc) is 3.01. The molecule has 2 N–H and O–H groups in total. The zero-order valence-electron chi connectivity index (χ0n) is 22.8. The molecule has 4 unspecified atom stereocenters. The van der Waals surface area contributed by atoms with Crippen molar-refractivity contribution in [2.75, 3.05) is 18.9 Å². The SMILES string of the molecule is CC(c1ccccc1)N(C)CC1CC(c2ccc(CO)cc2)OC(c2cccc(NC(=O)c3cccnc3)c2)O1. The number of pyridine rings is 1. The number of nitrogens with zero attached hydrogens (tertiary/aromatic N) is 2.